The van der Waals surface area contributed by atoms with Gasteiger partial charge in [0.05, 0.1) is 0 Å². The quantitative estimate of drug-likeness (QED) is 0.632. The molecule has 0 fully saturated rings. The van der Waals surface area contributed by atoms with Gasteiger partial charge in [-0.3, -0.25) is 0 Å². The Morgan fingerprint density at radius 1 is 0.833 bits per heavy atom. The average molecular weight is 246 g/mol. The van der Waals surface area contributed by atoms with Crippen molar-refractivity contribution in [1.29, 1.82) is 0 Å². The second-order valence-electron chi connectivity index (χ2n) is 6.70. The van der Waals surface area contributed by atoms with Gasteiger partial charge in [0.15, 0.2) is 0 Å². The average Bonchev–Trinajstić information content (AvgIpc) is 2.37. The predicted octanol–water partition coefficient (Wildman–Crippen LogP) is 5.62. The fraction of sp³-hybridized carbons (Fsp3) is 0.667. The Labute approximate surface area is 114 Å². The van der Waals surface area contributed by atoms with Crippen molar-refractivity contribution in [2.24, 2.45) is 0 Å². The first-order chi connectivity index (χ1) is 8.28. The van der Waals surface area contributed by atoms with Crippen molar-refractivity contribution in [2.75, 3.05) is 0 Å². The van der Waals surface area contributed by atoms with Gasteiger partial charge >= 0.3 is 0 Å². The Bertz CT molecular complexity index is 396. The van der Waals surface area contributed by atoms with E-state index in [4.69, 9.17) is 0 Å². The first kappa shape index (κ1) is 15.3. The summed E-state index contributed by atoms with van der Waals surface area (Å²) in [6, 6.07) is 7.14. The van der Waals surface area contributed by atoms with E-state index < -0.39 is 0 Å². The van der Waals surface area contributed by atoms with Crippen LogP contribution in [0.1, 0.15) is 78.0 Å². The second kappa shape index (κ2) is 5.47. The molecule has 1 aromatic carbocycles. The van der Waals surface area contributed by atoms with Gasteiger partial charge in [0.25, 0.3) is 0 Å². The van der Waals surface area contributed by atoms with Gasteiger partial charge in [-0.2, -0.15) is 0 Å². The molecule has 0 aliphatic heterocycles. The summed E-state index contributed by atoms with van der Waals surface area (Å²) in [6.45, 7) is 16.2. The van der Waals surface area contributed by atoms with E-state index in [1.807, 2.05) is 0 Å². The van der Waals surface area contributed by atoms with Gasteiger partial charge in [-0.15, -0.1) is 0 Å². The fourth-order valence-electron chi connectivity index (χ4n) is 2.33. The Morgan fingerprint density at radius 2 is 1.39 bits per heavy atom. The summed E-state index contributed by atoms with van der Waals surface area (Å²) in [4.78, 5) is 0. The molecule has 0 nitrogen and oxygen atoms in total. The second-order valence-corrected chi connectivity index (χ2v) is 6.70. The number of hydrogen-bond acceptors (Lipinski definition) is 0. The smallest absolute Gasteiger partial charge is 0.0103 e. The van der Waals surface area contributed by atoms with E-state index in [0.29, 0.717) is 0 Å². The molecule has 0 atom stereocenters. The van der Waals surface area contributed by atoms with Crippen LogP contribution in [-0.4, -0.2) is 0 Å². The van der Waals surface area contributed by atoms with Crippen LogP contribution < -0.4 is 0 Å². The Hall–Kier alpha value is -0.780. The van der Waals surface area contributed by atoms with E-state index in [1.165, 1.54) is 24.0 Å². The van der Waals surface area contributed by atoms with E-state index in [1.54, 1.807) is 5.56 Å². The van der Waals surface area contributed by atoms with E-state index in [0.717, 1.165) is 6.42 Å². The summed E-state index contributed by atoms with van der Waals surface area (Å²) in [5, 5.41) is 0. The monoisotopic (exact) mass is 246 g/mol. The van der Waals surface area contributed by atoms with Crippen LogP contribution >= 0.6 is 0 Å². The molecule has 0 bridgehead atoms. The molecule has 0 radical (unpaired) electrons. The molecule has 18 heavy (non-hydrogen) atoms. The van der Waals surface area contributed by atoms with Gasteiger partial charge in [0.1, 0.15) is 0 Å². The maximum Gasteiger partial charge on any atom is -0.0103 e. The minimum atomic E-state index is 0.283. The van der Waals surface area contributed by atoms with E-state index in [2.05, 4.69) is 66.7 Å². The standard InChI is InChI=1S/C18H30/c1-8-14-11-12-15(17(4,5)9-2)13-16(14)18(6,7)10-3/h11-13H,8-10H2,1-7H3. The van der Waals surface area contributed by atoms with Gasteiger partial charge in [0.2, 0.25) is 0 Å². The van der Waals surface area contributed by atoms with Crippen LogP contribution in [0.5, 0.6) is 0 Å². The van der Waals surface area contributed by atoms with Crippen LogP contribution in [-0.2, 0) is 17.3 Å². The predicted molar refractivity (Wildman–Crippen MR) is 82.5 cm³/mol. The zero-order chi connectivity index (χ0) is 14.0. The zero-order valence-corrected chi connectivity index (χ0v) is 13.4. The number of hydrogen-bond donors (Lipinski definition) is 0. The van der Waals surface area contributed by atoms with Crippen molar-refractivity contribution in [3.8, 4) is 0 Å². The minimum absolute atomic E-state index is 0.283. The molecule has 0 amide bonds. The fourth-order valence-corrected chi connectivity index (χ4v) is 2.33. The summed E-state index contributed by atoms with van der Waals surface area (Å²) < 4.78 is 0. The minimum Gasteiger partial charge on any atom is -0.0646 e. The first-order valence-electron chi connectivity index (χ1n) is 7.42. The maximum atomic E-state index is 2.46. The third kappa shape index (κ3) is 2.96. The molecular weight excluding hydrogens is 216 g/mol. The zero-order valence-electron chi connectivity index (χ0n) is 13.4. The van der Waals surface area contributed by atoms with Crippen molar-refractivity contribution in [3.05, 3.63) is 34.9 Å². The highest BCUT2D eigenvalue weighted by molar-refractivity contribution is 5.39. The summed E-state index contributed by atoms with van der Waals surface area (Å²) in [6.07, 6.45) is 3.51. The lowest BCUT2D eigenvalue weighted by Gasteiger charge is -2.30. The molecule has 0 aliphatic rings. The molecule has 0 heteroatoms. The lowest BCUT2D eigenvalue weighted by molar-refractivity contribution is 0.485. The molecule has 0 spiro atoms. The molecule has 0 saturated carbocycles. The summed E-state index contributed by atoms with van der Waals surface area (Å²) >= 11 is 0. The Kier molecular flexibility index (Phi) is 4.64. The third-order valence-corrected chi connectivity index (χ3v) is 4.77. The van der Waals surface area contributed by atoms with Crippen LogP contribution in [0.4, 0.5) is 0 Å². The molecule has 0 saturated heterocycles. The van der Waals surface area contributed by atoms with Gasteiger partial charge < -0.3 is 0 Å². The van der Waals surface area contributed by atoms with Gasteiger partial charge in [-0.05, 0) is 46.8 Å². The third-order valence-electron chi connectivity index (χ3n) is 4.77. The van der Waals surface area contributed by atoms with Crippen molar-refractivity contribution in [1.82, 2.24) is 0 Å². The first-order valence-corrected chi connectivity index (χ1v) is 7.42. The van der Waals surface area contributed by atoms with Gasteiger partial charge in [-0.25, -0.2) is 0 Å². The molecule has 0 unspecified atom stereocenters. The SMILES string of the molecule is CCc1ccc(C(C)(C)CC)cc1C(C)(C)CC. The Balaban J connectivity index is 3.35. The van der Waals surface area contributed by atoms with E-state index in [-0.39, 0.29) is 10.8 Å². The van der Waals surface area contributed by atoms with Crippen LogP contribution in [0.3, 0.4) is 0 Å². The van der Waals surface area contributed by atoms with Crippen molar-refractivity contribution in [2.45, 2.75) is 78.6 Å². The van der Waals surface area contributed by atoms with Crippen molar-refractivity contribution < 1.29 is 0 Å². The highest BCUT2D eigenvalue weighted by atomic mass is 14.3. The van der Waals surface area contributed by atoms with E-state index >= 15 is 0 Å². The number of rotatable bonds is 5. The number of benzene rings is 1. The number of aryl methyl sites for hydroxylation is 1. The lowest BCUT2D eigenvalue weighted by Crippen LogP contribution is -2.21. The van der Waals surface area contributed by atoms with Gasteiger partial charge in [0, 0.05) is 0 Å². The van der Waals surface area contributed by atoms with Crippen LogP contribution in [0.2, 0.25) is 0 Å². The molecule has 1 rings (SSSR count). The molecule has 0 heterocycles. The lowest BCUT2D eigenvalue weighted by atomic mass is 9.74. The normalized spacial score (nSPS) is 12.8. The van der Waals surface area contributed by atoms with Crippen LogP contribution in [0.25, 0.3) is 0 Å². The van der Waals surface area contributed by atoms with Crippen molar-refractivity contribution >= 4 is 0 Å². The van der Waals surface area contributed by atoms with E-state index in [9.17, 15) is 0 Å². The van der Waals surface area contributed by atoms with Gasteiger partial charge in [-0.1, -0.05) is 66.7 Å². The molecular formula is C18H30. The maximum absolute atomic E-state index is 2.46. The molecule has 0 aromatic heterocycles. The molecule has 1 aromatic rings. The molecule has 0 aliphatic carbocycles. The summed E-state index contributed by atoms with van der Waals surface area (Å²) in [5.41, 5.74) is 5.11. The summed E-state index contributed by atoms with van der Waals surface area (Å²) in [5.74, 6) is 0. The molecule has 0 N–H and O–H groups in total. The molecule has 102 valence electrons. The summed E-state index contributed by atoms with van der Waals surface area (Å²) in [7, 11) is 0. The highest BCUT2D eigenvalue weighted by Gasteiger charge is 2.25. The van der Waals surface area contributed by atoms with Crippen molar-refractivity contribution in [3.63, 3.8) is 0 Å². The largest absolute Gasteiger partial charge is 0.0646 e. The Morgan fingerprint density at radius 3 is 1.83 bits per heavy atom. The highest BCUT2D eigenvalue weighted by Crippen LogP contribution is 2.35. The van der Waals surface area contributed by atoms with Crippen LogP contribution in [0.15, 0.2) is 18.2 Å². The van der Waals surface area contributed by atoms with Crippen LogP contribution in [0, 0.1) is 0 Å². The topological polar surface area (TPSA) is 0 Å².